The van der Waals surface area contributed by atoms with E-state index in [0.29, 0.717) is 17.1 Å². The maximum atomic E-state index is 13.2. The third-order valence-electron chi connectivity index (χ3n) is 2.81. The fraction of sp³-hybridized carbons (Fsp3) is 0.133. The van der Waals surface area contributed by atoms with E-state index in [-0.39, 0.29) is 5.91 Å². The van der Waals surface area contributed by atoms with Gasteiger partial charge in [-0.15, -0.1) is 11.6 Å². The fourth-order valence-electron chi connectivity index (χ4n) is 1.71. The Hall–Kier alpha value is -1.87. The van der Waals surface area contributed by atoms with Crippen molar-refractivity contribution in [3.63, 3.8) is 0 Å². The Morgan fingerprint density at radius 2 is 1.89 bits per heavy atom. The van der Waals surface area contributed by atoms with E-state index in [2.05, 4.69) is 5.32 Å². The van der Waals surface area contributed by atoms with Gasteiger partial charge in [-0.1, -0.05) is 18.2 Å². The zero-order chi connectivity index (χ0) is 13.8. The molecule has 19 heavy (non-hydrogen) atoms. The smallest absolute Gasteiger partial charge is 0.256 e. The Bertz CT molecular complexity index is 596. The van der Waals surface area contributed by atoms with Crippen LogP contribution in [0.5, 0.6) is 0 Å². The minimum Gasteiger partial charge on any atom is -0.322 e. The third kappa shape index (κ3) is 3.32. The average molecular weight is 278 g/mol. The van der Waals surface area contributed by atoms with Gasteiger partial charge in [-0.05, 0) is 42.3 Å². The van der Waals surface area contributed by atoms with Crippen LogP contribution >= 0.6 is 11.6 Å². The van der Waals surface area contributed by atoms with Gasteiger partial charge in [0.2, 0.25) is 0 Å². The van der Waals surface area contributed by atoms with Gasteiger partial charge < -0.3 is 5.32 Å². The lowest BCUT2D eigenvalue weighted by Gasteiger charge is -2.08. The molecule has 0 saturated carbocycles. The van der Waals surface area contributed by atoms with E-state index < -0.39 is 5.82 Å². The molecule has 2 aromatic rings. The van der Waals surface area contributed by atoms with Gasteiger partial charge in [0.05, 0.1) is 0 Å². The van der Waals surface area contributed by atoms with Gasteiger partial charge in [-0.25, -0.2) is 4.39 Å². The largest absolute Gasteiger partial charge is 0.322 e. The number of carbonyl (C=O) groups excluding carboxylic acids is 1. The van der Waals surface area contributed by atoms with Crippen LogP contribution in [-0.2, 0) is 5.88 Å². The van der Waals surface area contributed by atoms with Crippen molar-refractivity contribution in [1.82, 2.24) is 0 Å². The summed E-state index contributed by atoms with van der Waals surface area (Å²) in [5.41, 5.74) is 2.70. The molecular weight excluding hydrogens is 265 g/mol. The number of alkyl halides is 1. The lowest BCUT2D eigenvalue weighted by molar-refractivity contribution is 0.102. The normalized spacial score (nSPS) is 10.3. The maximum absolute atomic E-state index is 13.2. The van der Waals surface area contributed by atoms with E-state index in [0.717, 1.165) is 11.1 Å². The SMILES string of the molecule is Cc1ccc(F)cc1C(=O)Nc1ccc(CCl)cc1. The molecule has 4 heteroatoms. The van der Waals surface area contributed by atoms with Crippen molar-refractivity contribution in [2.45, 2.75) is 12.8 Å². The van der Waals surface area contributed by atoms with Crippen LogP contribution in [0.1, 0.15) is 21.5 Å². The second kappa shape index (κ2) is 5.85. The molecule has 0 bridgehead atoms. The van der Waals surface area contributed by atoms with Crippen molar-refractivity contribution >= 4 is 23.2 Å². The van der Waals surface area contributed by atoms with Crippen molar-refractivity contribution in [3.8, 4) is 0 Å². The topological polar surface area (TPSA) is 29.1 Å². The van der Waals surface area contributed by atoms with Crippen molar-refractivity contribution < 1.29 is 9.18 Å². The minimum atomic E-state index is -0.423. The summed E-state index contributed by atoms with van der Waals surface area (Å²) in [6.07, 6.45) is 0. The number of nitrogens with one attached hydrogen (secondary N) is 1. The fourth-order valence-corrected chi connectivity index (χ4v) is 1.89. The van der Waals surface area contributed by atoms with E-state index in [9.17, 15) is 9.18 Å². The van der Waals surface area contributed by atoms with Crippen molar-refractivity contribution in [3.05, 3.63) is 65.0 Å². The highest BCUT2D eigenvalue weighted by atomic mass is 35.5. The molecule has 1 amide bonds. The van der Waals surface area contributed by atoms with Crippen LogP contribution in [0.2, 0.25) is 0 Å². The molecule has 0 atom stereocenters. The summed E-state index contributed by atoms with van der Waals surface area (Å²) in [6, 6.07) is 11.4. The Labute approximate surface area is 116 Å². The summed E-state index contributed by atoms with van der Waals surface area (Å²) in [7, 11) is 0. The molecule has 0 radical (unpaired) electrons. The van der Waals surface area contributed by atoms with E-state index in [1.165, 1.54) is 12.1 Å². The molecule has 0 aromatic heterocycles. The zero-order valence-electron chi connectivity index (χ0n) is 10.4. The maximum Gasteiger partial charge on any atom is 0.256 e. The number of hydrogen-bond acceptors (Lipinski definition) is 1. The van der Waals surface area contributed by atoms with Crippen LogP contribution < -0.4 is 5.32 Å². The molecule has 2 aromatic carbocycles. The van der Waals surface area contributed by atoms with Gasteiger partial charge in [0.15, 0.2) is 0 Å². The standard InChI is InChI=1S/C15H13ClFNO/c1-10-2-5-12(17)8-14(10)15(19)18-13-6-3-11(9-16)4-7-13/h2-8H,9H2,1H3,(H,18,19). The molecule has 1 N–H and O–H groups in total. The van der Waals surface area contributed by atoms with Crippen molar-refractivity contribution in [2.75, 3.05) is 5.32 Å². The highest BCUT2D eigenvalue weighted by molar-refractivity contribution is 6.17. The summed E-state index contributed by atoms with van der Waals surface area (Å²) in [4.78, 5) is 12.0. The molecule has 98 valence electrons. The van der Waals surface area contributed by atoms with Crippen molar-refractivity contribution in [1.29, 1.82) is 0 Å². The number of hydrogen-bond donors (Lipinski definition) is 1. The Morgan fingerprint density at radius 3 is 2.53 bits per heavy atom. The first kappa shape index (κ1) is 13.6. The summed E-state index contributed by atoms with van der Waals surface area (Å²) in [6.45, 7) is 1.77. The molecule has 2 nitrogen and oxygen atoms in total. The van der Waals surface area contributed by atoms with Gasteiger partial charge in [-0.3, -0.25) is 4.79 Å². The average Bonchev–Trinajstić information content (AvgIpc) is 2.42. The van der Waals surface area contributed by atoms with Gasteiger partial charge in [0, 0.05) is 17.1 Å². The first-order valence-corrected chi connectivity index (χ1v) is 6.36. The monoisotopic (exact) mass is 277 g/mol. The summed E-state index contributed by atoms with van der Waals surface area (Å²) >= 11 is 5.69. The van der Waals surface area contributed by atoms with E-state index >= 15 is 0 Å². The highest BCUT2D eigenvalue weighted by Crippen LogP contribution is 2.15. The third-order valence-corrected chi connectivity index (χ3v) is 3.12. The van der Waals surface area contributed by atoms with Gasteiger partial charge in [-0.2, -0.15) is 0 Å². The van der Waals surface area contributed by atoms with E-state index in [1.807, 2.05) is 12.1 Å². The number of aryl methyl sites for hydroxylation is 1. The predicted octanol–water partition coefficient (Wildman–Crippen LogP) is 4.13. The summed E-state index contributed by atoms with van der Waals surface area (Å²) < 4.78 is 13.2. The summed E-state index contributed by atoms with van der Waals surface area (Å²) in [5.74, 6) is -0.319. The molecular formula is C15H13ClFNO. The lowest BCUT2D eigenvalue weighted by atomic mass is 10.1. The van der Waals surface area contributed by atoms with Gasteiger partial charge in [0.1, 0.15) is 5.82 Å². The number of halogens is 2. The lowest BCUT2D eigenvalue weighted by Crippen LogP contribution is -2.13. The zero-order valence-corrected chi connectivity index (χ0v) is 11.2. The minimum absolute atomic E-state index is 0.323. The predicted molar refractivity (Wildman–Crippen MR) is 75.1 cm³/mol. The molecule has 0 fully saturated rings. The van der Waals surface area contributed by atoms with Gasteiger partial charge >= 0.3 is 0 Å². The summed E-state index contributed by atoms with van der Waals surface area (Å²) in [5, 5.41) is 2.73. The second-order valence-corrected chi connectivity index (χ2v) is 4.51. The molecule has 0 unspecified atom stereocenters. The molecule has 0 aliphatic rings. The molecule has 0 heterocycles. The molecule has 2 rings (SSSR count). The number of anilines is 1. The van der Waals surface area contributed by atoms with Crippen LogP contribution in [-0.4, -0.2) is 5.91 Å². The molecule has 0 spiro atoms. The second-order valence-electron chi connectivity index (χ2n) is 4.24. The van der Waals surface area contributed by atoms with Crippen LogP contribution in [0.25, 0.3) is 0 Å². The Morgan fingerprint density at radius 1 is 1.21 bits per heavy atom. The number of carbonyl (C=O) groups is 1. The van der Waals surface area contributed by atoms with E-state index in [1.54, 1.807) is 25.1 Å². The van der Waals surface area contributed by atoms with E-state index in [4.69, 9.17) is 11.6 Å². The van der Waals surface area contributed by atoms with Crippen LogP contribution in [0.4, 0.5) is 10.1 Å². The van der Waals surface area contributed by atoms with Crippen LogP contribution in [0.15, 0.2) is 42.5 Å². The van der Waals surface area contributed by atoms with Crippen LogP contribution in [0.3, 0.4) is 0 Å². The van der Waals surface area contributed by atoms with Gasteiger partial charge in [0.25, 0.3) is 5.91 Å². The molecule has 0 saturated heterocycles. The van der Waals surface area contributed by atoms with Crippen LogP contribution in [0, 0.1) is 12.7 Å². The highest BCUT2D eigenvalue weighted by Gasteiger charge is 2.10. The number of amides is 1. The first-order chi connectivity index (χ1) is 9.10. The first-order valence-electron chi connectivity index (χ1n) is 5.82. The Balaban J connectivity index is 2.18. The number of benzene rings is 2. The quantitative estimate of drug-likeness (QED) is 0.840. The molecule has 0 aliphatic heterocycles. The Kier molecular flexibility index (Phi) is 4.17. The van der Waals surface area contributed by atoms with Crippen molar-refractivity contribution in [2.24, 2.45) is 0 Å². The number of rotatable bonds is 3. The molecule has 0 aliphatic carbocycles.